The van der Waals surface area contributed by atoms with Gasteiger partial charge in [-0.3, -0.25) is 20.2 Å². The normalized spacial score (nSPS) is 9.33. The van der Waals surface area contributed by atoms with E-state index in [1.807, 2.05) is 0 Å². The molecule has 1 rings (SSSR count). The van der Waals surface area contributed by atoms with Crippen molar-refractivity contribution in [1.29, 1.82) is 0 Å². The van der Waals surface area contributed by atoms with Crippen LogP contribution in [0.3, 0.4) is 0 Å². The molecule has 0 aliphatic rings. The molecular weight excluding hydrogens is 176 g/mol. The molecule has 6 nitrogen and oxygen atoms in total. The Labute approximate surface area is 66.7 Å². The van der Waals surface area contributed by atoms with Crippen LogP contribution in [0.2, 0.25) is 0 Å². The minimum absolute atomic E-state index is 0.274. The molecule has 12 heavy (non-hydrogen) atoms. The van der Waals surface area contributed by atoms with Crippen molar-refractivity contribution >= 4 is 11.4 Å². The zero-order valence-corrected chi connectivity index (χ0v) is 5.84. The van der Waals surface area contributed by atoms with Crippen LogP contribution in [0.5, 0.6) is 0 Å². The maximum atomic E-state index is 10.2. The Bertz CT molecular complexity index is 307. The zero-order valence-electron chi connectivity index (χ0n) is 5.84. The monoisotopic (exact) mass is 180 g/mol. The molecule has 0 saturated carbocycles. The van der Waals surface area contributed by atoms with Gasteiger partial charge in [0.1, 0.15) is 0 Å². The first kappa shape index (κ1) is 8.12. The quantitative estimate of drug-likeness (QED) is 0.509. The van der Waals surface area contributed by atoms with Gasteiger partial charge >= 0.3 is 0 Å². The Hall–Kier alpha value is -1.98. The van der Waals surface area contributed by atoms with Crippen LogP contribution in [0.1, 0.15) is 0 Å². The van der Waals surface area contributed by atoms with Crippen molar-refractivity contribution in [2.45, 2.75) is 0 Å². The summed E-state index contributed by atoms with van der Waals surface area (Å²) in [4.78, 5) is 19.0. The van der Waals surface area contributed by atoms with Gasteiger partial charge in [-0.2, -0.15) is 0 Å². The fourth-order valence-electron chi connectivity index (χ4n) is 0.720. The van der Waals surface area contributed by atoms with Gasteiger partial charge in [-0.25, -0.2) is 0 Å². The number of non-ortho nitro benzene ring substituents is 2. The van der Waals surface area contributed by atoms with Crippen molar-refractivity contribution in [3.63, 3.8) is 0 Å². The fraction of sp³-hybridized carbons (Fsp3) is 0. The summed E-state index contributed by atoms with van der Waals surface area (Å²) < 4.78 is 0. The summed E-state index contributed by atoms with van der Waals surface area (Å²) in [6.07, 6.45) is 0. The Morgan fingerprint density at radius 2 is 1.42 bits per heavy atom. The third-order valence-corrected chi connectivity index (χ3v) is 1.25. The van der Waals surface area contributed by atoms with E-state index < -0.39 is 9.85 Å². The van der Waals surface area contributed by atoms with E-state index in [1.165, 1.54) is 18.2 Å². The largest absolute Gasteiger partial charge is 0.276 e. The molecule has 0 amide bonds. The summed E-state index contributed by atoms with van der Waals surface area (Å²) in [7, 11) is 0. The molecule has 0 unspecified atom stereocenters. The molecule has 0 saturated heterocycles. The summed E-state index contributed by atoms with van der Waals surface area (Å²) in [5.41, 5.74) is -0.548. The lowest BCUT2D eigenvalue weighted by Gasteiger charge is -1.90. The third kappa shape index (κ3) is 1.54. The highest BCUT2D eigenvalue weighted by molar-refractivity contribution is 5.42. The second-order valence-electron chi connectivity index (χ2n) is 2.03. The summed E-state index contributed by atoms with van der Waals surface area (Å²) in [6, 6.07) is 4.59. The Kier molecular flexibility index (Phi) is 2.00. The van der Waals surface area contributed by atoms with E-state index in [4.69, 9.17) is 0 Å². The molecule has 1 aromatic rings. The van der Waals surface area contributed by atoms with Gasteiger partial charge in [0.15, 0.2) is 0 Å². The Morgan fingerprint density at radius 1 is 1.00 bits per heavy atom. The second-order valence-corrected chi connectivity index (χ2v) is 2.03. The third-order valence-electron chi connectivity index (χ3n) is 1.25. The van der Waals surface area contributed by atoms with Gasteiger partial charge in [0.2, 0.25) is 0 Å². The van der Waals surface area contributed by atoms with E-state index in [0.29, 0.717) is 0 Å². The first-order chi connectivity index (χ1) is 5.61. The predicted molar refractivity (Wildman–Crippen MR) is 39.8 cm³/mol. The molecule has 0 heterocycles. The van der Waals surface area contributed by atoms with Gasteiger partial charge < -0.3 is 0 Å². The first-order valence-electron chi connectivity index (χ1n) is 3.00. The first-order valence-corrected chi connectivity index (χ1v) is 3.00. The molecule has 0 atom stereocenters. The van der Waals surface area contributed by atoms with Crippen LogP contribution in [0.15, 0.2) is 24.3 Å². The summed E-state index contributed by atoms with van der Waals surface area (Å²) in [6.45, 7) is 0. The molecule has 0 bridgehead atoms. The minimum Gasteiger partial charge on any atom is -0.258 e. The number of hydrogen-bond donors (Lipinski definition) is 0. The Balaban J connectivity index is 3.12. The summed E-state index contributed by atoms with van der Waals surface area (Å²) in [5.74, 6) is 0. The van der Waals surface area contributed by atoms with Gasteiger partial charge in [-0.1, -0.05) is 0 Å². The summed E-state index contributed by atoms with van der Waals surface area (Å²) >= 11 is 0. The van der Waals surface area contributed by atoms with Crippen molar-refractivity contribution in [3.8, 4) is 0 Å². The number of nitro benzene ring substituents is 2. The SMILES string of the molecule is O=[N+]([O-])[14c]1[14cH][14cH][14cH][14c]([N+](=O)[O-])[14cH]1. The molecule has 0 fully saturated rings. The van der Waals surface area contributed by atoms with Crippen LogP contribution in [0, 0.1) is 20.2 Å². The molecular formula is C6H4N2O4. The molecule has 0 N–H and O–H groups in total. The highest BCUT2D eigenvalue weighted by atomic mass is 16.7. The number of rotatable bonds is 2. The van der Waals surface area contributed by atoms with E-state index in [1.54, 1.807) is 0 Å². The number of nitrogens with zero attached hydrogens (tertiary/aromatic N) is 2. The zero-order chi connectivity index (χ0) is 9.14. The number of nitro groups is 2. The second kappa shape index (κ2) is 2.95. The van der Waals surface area contributed by atoms with Crippen molar-refractivity contribution < 1.29 is 9.85 Å². The van der Waals surface area contributed by atoms with E-state index in [0.717, 1.165) is 6.07 Å². The van der Waals surface area contributed by atoms with Crippen LogP contribution in [0.25, 0.3) is 0 Å². The van der Waals surface area contributed by atoms with Gasteiger partial charge in [0, 0.05) is 12.1 Å². The Morgan fingerprint density at radius 3 is 1.75 bits per heavy atom. The lowest BCUT2D eigenvalue weighted by molar-refractivity contribution is -0.394. The smallest absolute Gasteiger partial charge is 0.258 e. The van der Waals surface area contributed by atoms with E-state index in [9.17, 15) is 20.2 Å². The molecule has 0 aliphatic heterocycles. The molecule has 0 spiro atoms. The van der Waals surface area contributed by atoms with Crippen molar-refractivity contribution in [2.75, 3.05) is 0 Å². The number of hydrogen-bond acceptors (Lipinski definition) is 4. The predicted octanol–water partition coefficient (Wildman–Crippen LogP) is 1.50. The van der Waals surface area contributed by atoms with Crippen LogP contribution in [-0.2, 0) is 0 Å². The lowest BCUT2D eigenvalue weighted by atomic mass is 12.1. The molecule has 0 aromatic heterocycles. The average Bonchev–Trinajstić information content (AvgIpc) is 2.04. The highest BCUT2D eigenvalue weighted by Gasteiger charge is 2.11. The van der Waals surface area contributed by atoms with E-state index in [2.05, 4.69) is 0 Å². The summed E-state index contributed by atoms with van der Waals surface area (Å²) in [5, 5.41) is 20.3. The molecule has 62 valence electrons. The van der Waals surface area contributed by atoms with E-state index in [-0.39, 0.29) is 11.4 Å². The maximum Gasteiger partial charge on any atom is 0.276 e. The van der Waals surface area contributed by atoms with Gasteiger partial charge in [0.25, 0.3) is 11.4 Å². The minimum atomic E-state index is -0.674. The molecule has 0 radical (unpaired) electrons. The van der Waals surface area contributed by atoms with Gasteiger partial charge in [-0.15, -0.1) is 0 Å². The number of benzene rings is 1. The molecule has 0 aliphatic carbocycles. The average molecular weight is 180 g/mol. The van der Waals surface area contributed by atoms with Crippen LogP contribution < -0.4 is 0 Å². The van der Waals surface area contributed by atoms with Crippen LogP contribution in [0.4, 0.5) is 11.4 Å². The fourth-order valence-corrected chi connectivity index (χ4v) is 0.720. The molecule has 1 aromatic carbocycles. The van der Waals surface area contributed by atoms with Crippen LogP contribution >= 0.6 is 0 Å². The lowest BCUT2D eigenvalue weighted by Crippen LogP contribution is -1.91. The van der Waals surface area contributed by atoms with Crippen molar-refractivity contribution in [1.82, 2.24) is 0 Å². The van der Waals surface area contributed by atoms with Crippen molar-refractivity contribution in [2.24, 2.45) is 0 Å². The highest BCUT2D eigenvalue weighted by Crippen LogP contribution is 2.18. The maximum absolute atomic E-state index is 10.2. The van der Waals surface area contributed by atoms with Gasteiger partial charge in [0.05, 0.1) is 15.9 Å². The van der Waals surface area contributed by atoms with Gasteiger partial charge in [-0.05, 0) is 6.07 Å². The standard InChI is InChI=1S/C6H4N2O4/c9-7(10)5-2-1-3-6(4-5)8(11)12/h1-4H/i1+2,2+2,3+2,4+2,5+2,6+2. The topological polar surface area (TPSA) is 86.3 Å². The van der Waals surface area contributed by atoms with Crippen LogP contribution in [-0.4, -0.2) is 9.85 Å². The van der Waals surface area contributed by atoms with E-state index >= 15 is 0 Å². The van der Waals surface area contributed by atoms with Crippen molar-refractivity contribution in [3.05, 3.63) is 44.5 Å². The molecule has 6 heteroatoms.